The third-order valence-electron chi connectivity index (χ3n) is 7.60. The molecule has 6 rings (SSSR count). The molecular weight excluding hydrogens is 548 g/mol. The van der Waals surface area contributed by atoms with Crippen LogP contribution in [0.4, 0.5) is 0 Å². The molecule has 0 unspecified atom stereocenters. The fraction of sp³-hybridized carbons (Fsp3) is 0.0244. The zero-order valence-corrected chi connectivity index (χ0v) is 24.9. The maximum atomic E-state index is 9.18. The Morgan fingerprint density at radius 1 is 0.578 bits per heavy atom. The summed E-state index contributed by atoms with van der Waals surface area (Å²) < 4.78 is 0. The molecule has 0 saturated carbocycles. The van der Waals surface area contributed by atoms with Gasteiger partial charge in [-0.05, 0) is 48.6 Å². The molecule has 5 aromatic carbocycles. The number of hydrogen-bond donors (Lipinski definition) is 0. The number of rotatable bonds is 8. The molecule has 4 heteroatoms. The van der Waals surface area contributed by atoms with Crippen molar-refractivity contribution in [1.29, 1.82) is 5.26 Å². The maximum Gasteiger partial charge on any atom is 0.0991 e. The summed E-state index contributed by atoms with van der Waals surface area (Å²) in [7, 11) is 0. The molecule has 0 aliphatic heterocycles. The van der Waals surface area contributed by atoms with Crippen molar-refractivity contribution in [2.45, 2.75) is 6.92 Å². The van der Waals surface area contributed by atoms with Gasteiger partial charge in [0.15, 0.2) is 0 Å². The molecule has 0 fully saturated rings. The average Bonchev–Trinajstić information content (AvgIpc) is 3.12. The van der Waals surface area contributed by atoms with Crippen LogP contribution in [-0.4, -0.2) is 16.7 Å². The lowest BCUT2D eigenvalue weighted by Gasteiger charge is -2.16. The number of benzene rings is 5. The minimum atomic E-state index is 0.642. The summed E-state index contributed by atoms with van der Waals surface area (Å²) >= 11 is 0. The van der Waals surface area contributed by atoms with Crippen LogP contribution < -0.4 is 0 Å². The fourth-order valence-electron chi connectivity index (χ4n) is 5.20. The smallest absolute Gasteiger partial charge is 0.0991 e. The van der Waals surface area contributed by atoms with Gasteiger partial charge in [-0.25, -0.2) is 9.97 Å². The highest BCUT2D eigenvalue weighted by Crippen LogP contribution is 2.36. The Kier molecular flexibility index (Phi) is 8.62. The minimum Gasteiger partial charge on any atom is -0.264 e. The Morgan fingerprint density at radius 2 is 1.04 bits per heavy atom. The van der Waals surface area contributed by atoms with Crippen LogP contribution in [0.2, 0.25) is 0 Å². The summed E-state index contributed by atoms with van der Waals surface area (Å²) in [4.78, 5) is 15.0. The second-order valence-electron chi connectivity index (χ2n) is 10.5. The average molecular weight is 579 g/mol. The first-order valence-electron chi connectivity index (χ1n) is 14.7. The molecule has 0 spiro atoms. The summed E-state index contributed by atoms with van der Waals surface area (Å²) in [6.45, 7) is 5.85. The summed E-state index contributed by atoms with van der Waals surface area (Å²) in [5.74, 6) is 0. The molecule has 214 valence electrons. The number of nitrogens with zero attached hydrogens (tertiary/aromatic N) is 4. The van der Waals surface area contributed by atoms with E-state index < -0.39 is 0 Å². The highest BCUT2D eigenvalue weighted by Gasteiger charge is 2.19. The second-order valence-corrected chi connectivity index (χ2v) is 10.5. The van der Waals surface area contributed by atoms with Crippen LogP contribution in [0.3, 0.4) is 0 Å². The Bertz CT molecular complexity index is 2040. The van der Waals surface area contributed by atoms with E-state index in [2.05, 4.69) is 73.2 Å². The molecule has 6 aromatic rings. The number of nitriles is 1. The first-order chi connectivity index (χ1) is 22.1. The van der Waals surface area contributed by atoms with Crippen LogP contribution in [0.5, 0.6) is 0 Å². The molecule has 0 bridgehead atoms. The minimum absolute atomic E-state index is 0.642. The van der Waals surface area contributed by atoms with Crippen molar-refractivity contribution in [2.24, 2.45) is 4.99 Å². The fourth-order valence-corrected chi connectivity index (χ4v) is 5.20. The largest absolute Gasteiger partial charge is 0.264 e. The van der Waals surface area contributed by atoms with Crippen molar-refractivity contribution in [3.05, 3.63) is 168 Å². The van der Waals surface area contributed by atoms with Crippen molar-refractivity contribution >= 4 is 18.0 Å². The van der Waals surface area contributed by atoms with Gasteiger partial charge in [-0.1, -0.05) is 133 Å². The van der Waals surface area contributed by atoms with E-state index >= 15 is 0 Å². The third-order valence-corrected chi connectivity index (χ3v) is 7.60. The standard InChI is InChI=1S/C41H30N4/c1-29(18-27-37(43-2)33-12-6-3-7-13-33)38-39(34-14-8-4-9-15-34)45-41(40(44-38)35-16-10-5-11-17-35)36-25-23-32(24-26-36)31-21-19-30(28-42)20-22-31/h3-27H,2H2,1H3/b29-18+,37-27-. The normalized spacial score (nSPS) is 11.6. The van der Waals surface area contributed by atoms with Gasteiger partial charge in [0, 0.05) is 22.3 Å². The molecule has 0 aliphatic carbocycles. The molecule has 45 heavy (non-hydrogen) atoms. The van der Waals surface area contributed by atoms with E-state index in [0.717, 1.165) is 67.4 Å². The summed E-state index contributed by atoms with van der Waals surface area (Å²) in [5.41, 5.74) is 11.6. The number of hydrogen-bond acceptors (Lipinski definition) is 4. The van der Waals surface area contributed by atoms with Crippen molar-refractivity contribution in [3.8, 4) is 51.0 Å². The predicted octanol–water partition coefficient (Wildman–Crippen LogP) is 10.2. The lowest BCUT2D eigenvalue weighted by atomic mass is 9.97. The molecular formula is C41H30N4. The van der Waals surface area contributed by atoms with Crippen molar-refractivity contribution < 1.29 is 0 Å². The lowest BCUT2D eigenvalue weighted by Crippen LogP contribution is -2.02. The van der Waals surface area contributed by atoms with E-state index in [1.165, 1.54) is 0 Å². The summed E-state index contributed by atoms with van der Waals surface area (Å²) in [6, 6.07) is 48.5. The first-order valence-corrected chi connectivity index (χ1v) is 14.7. The Morgan fingerprint density at radius 3 is 1.60 bits per heavy atom. The van der Waals surface area contributed by atoms with E-state index in [1.54, 1.807) is 0 Å². The van der Waals surface area contributed by atoms with Gasteiger partial charge < -0.3 is 0 Å². The Balaban J connectivity index is 1.51. The van der Waals surface area contributed by atoms with Crippen molar-refractivity contribution in [2.75, 3.05) is 0 Å². The van der Waals surface area contributed by atoms with Crippen LogP contribution in [0, 0.1) is 11.3 Å². The van der Waals surface area contributed by atoms with E-state index in [-0.39, 0.29) is 0 Å². The molecule has 4 nitrogen and oxygen atoms in total. The quantitative estimate of drug-likeness (QED) is 0.133. The highest BCUT2D eigenvalue weighted by atomic mass is 14.9. The van der Waals surface area contributed by atoms with Crippen LogP contribution in [0.1, 0.15) is 23.7 Å². The highest BCUT2D eigenvalue weighted by molar-refractivity contribution is 5.86. The van der Waals surface area contributed by atoms with E-state index in [0.29, 0.717) is 5.56 Å². The van der Waals surface area contributed by atoms with E-state index in [4.69, 9.17) is 9.97 Å². The summed E-state index contributed by atoms with van der Waals surface area (Å²) in [5, 5.41) is 9.18. The molecule has 0 atom stereocenters. The van der Waals surface area contributed by atoms with E-state index in [9.17, 15) is 5.26 Å². The topological polar surface area (TPSA) is 61.9 Å². The summed E-state index contributed by atoms with van der Waals surface area (Å²) in [6.07, 6.45) is 4.01. The van der Waals surface area contributed by atoms with Gasteiger partial charge in [-0.15, -0.1) is 0 Å². The van der Waals surface area contributed by atoms with Gasteiger partial charge in [0.05, 0.1) is 40.1 Å². The molecule has 0 saturated heterocycles. The predicted molar refractivity (Wildman–Crippen MR) is 186 cm³/mol. The van der Waals surface area contributed by atoms with Crippen molar-refractivity contribution in [3.63, 3.8) is 0 Å². The molecule has 1 aromatic heterocycles. The molecule has 0 N–H and O–H groups in total. The van der Waals surface area contributed by atoms with Crippen molar-refractivity contribution in [1.82, 2.24) is 9.97 Å². The third kappa shape index (κ3) is 6.44. The van der Waals surface area contributed by atoms with Gasteiger partial charge in [-0.3, -0.25) is 4.99 Å². The van der Waals surface area contributed by atoms with Gasteiger partial charge in [0.1, 0.15) is 0 Å². The number of aliphatic imine (C=N–C) groups is 1. The van der Waals surface area contributed by atoms with Gasteiger partial charge in [0.25, 0.3) is 0 Å². The molecule has 0 aliphatic rings. The SMILES string of the molecule is C=N/C(=C\C=C(/C)c1nc(-c2ccccc2)c(-c2ccc(-c3ccc(C#N)cc3)cc2)nc1-c1ccccc1)c1ccccc1. The Labute approximate surface area is 264 Å². The zero-order chi connectivity index (χ0) is 31.0. The second kappa shape index (κ2) is 13.4. The molecule has 1 heterocycles. The van der Waals surface area contributed by atoms with Gasteiger partial charge >= 0.3 is 0 Å². The van der Waals surface area contributed by atoms with Gasteiger partial charge in [-0.2, -0.15) is 5.26 Å². The Hall–Kier alpha value is -6.18. The van der Waals surface area contributed by atoms with Crippen LogP contribution >= 0.6 is 0 Å². The number of aromatic nitrogens is 2. The first kappa shape index (κ1) is 28.9. The zero-order valence-electron chi connectivity index (χ0n) is 24.9. The maximum absolute atomic E-state index is 9.18. The monoisotopic (exact) mass is 578 g/mol. The number of allylic oxidation sites excluding steroid dienone is 3. The lowest BCUT2D eigenvalue weighted by molar-refractivity contribution is 1.18. The van der Waals surface area contributed by atoms with Gasteiger partial charge in [0.2, 0.25) is 0 Å². The van der Waals surface area contributed by atoms with E-state index in [1.807, 2.05) is 103 Å². The van der Waals surface area contributed by atoms with Crippen LogP contribution in [0.15, 0.2) is 157 Å². The molecule has 0 amide bonds. The van der Waals surface area contributed by atoms with Crippen LogP contribution in [-0.2, 0) is 0 Å². The molecule has 0 radical (unpaired) electrons. The van der Waals surface area contributed by atoms with Crippen LogP contribution in [0.25, 0.3) is 56.2 Å².